The van der Waals surface area contributed by atoms with E-state index in [0.717, 1.165) is 30.1 Å². The van der Waals surface area contributed by atoms with Crippen molar-refractivity contribution >= 4 is 5.91 Å². The van der Waals surface area contributed by atoms with Crippen LogP contribution in [0.25, 0.3) is 5.69 Å². The molecule has 1 aliphatic heterocycles. The van der Waals surface area contributed by atoms with Crippen molar-refractivity contribution in [2.45, 2.75) is 6.04 Å². The minimum atomic E-state index is -0.0891. The molecule has 0 spiro atoms. The van der Waals surface area contributed by atoms with Crippen molar-refractivity contribution in [3.63, 3.8) is 0 Å². The molecular weight excluding hydrogens is 380 g/mol. The summed E-state index contributed by atoms with van der Waals surface area (Å²) in [4.78, 5) is 15.1. The summed E-state index contributed by atoms with van der Waals surface area (Å²) in [6.45, 7) is 3.60. The molecule has 1 unspecified atom stereocenters. The zero-order chi connectivity index (χ0) is 20.8. The number of carbonyl (C=O) groups excluding carboxylic acids is 1. The van der Waals surface area contributed by atoms with Crippen LogP contribution in [0.15, 0.2) is 67.0 Å². The molecular formula is C23H26N4O3. The first kappa shape index (κ1) is 20.1. The van der Waals surface area contributed by atoms with Crippen molar-refractivity contribution < 1.29 is 14.3 Å². The molecule has 1 aliphatic rings. The summed E-state index contributed by atoms with van der Waals surface area (Å²) in [6.07, 6.45) is 3.60. The average molecular weight is 406 g/mol. The number of aromatic nitrogens is 2. The van der Waals surface area contributed by atoms with Crippen LogP contribution in [0.2, 0.25) is 0 Å². The maximum Gasteiger partial charge on any atom is 0.251 e. The van der Waals surface area contributed by atoms with E-state index in [9.17, 15) is 4.79 Å². The van der Waals surface area contributed by atoms with E-state index in [1.165, 1.54) is 0 Å². The summed E-state index contributed by atoms with van der Waals surface area (Å²) in [7, 11) is 1.66. The molecule has 2 heterocycles. The van der Waals surface area contributed by atoms with Gasteiger partial charge < -0.3 is 14.8 Å². The normalized spacial score (nSPS) is 15.5. The Kier molecular flexibility index (Phi) is 6.41. The van der Waals surface area contributed by atoms with Gasteiger partial charge in [0.05, 0.1) is 32.1 Å². The van der Waals surface area contributed by atoms with E-state index >= 15 is 0 Å². The zero-order valence-electron chi connectivity index (χ0n) is 17.0. The monoisotopic (exact) mass is 406 g/mol. The summed E-state index contributed by atoms with van der Waals surface area (Å²) < 4.78 is 12.5. The highest BCUT2D eigenvalue weighted by molar-refractivity contribution is 5.94. The highest BCUT2D eigenvalue weighted by Gasteiger charge is 2.23. The predicted octanol–water partition coefficient (Wildman–Crippen LogP) is 2.68. The maximum absolute atomic E-state index is 12.8. The molecule has 1 saturated heterocycles. The van der Waals surface area contributed by atoms with Crippen LogP contribution in [0.4, 0.5) is 0 Å². The van der Waals surface area contributed by atoms with Gasteiger partial charge in [-0.3, -0.25) is 9.69 Å². The number of hydrogen-bond acceptors (Lipinski definition) is 5. The van der Waals surface area contributed by atoms with Gasteiger partial charge in [-0.05, 0) is 48.0 Å². The largest absolute Gasteiger partial charge is 0.497 e. The van der Waals surface area contributed by atoms with Crippen molar-refractivity contribution in [2.75, 3.05) is 40.0 Å². The molecule has 30 heavy (non-hydrogen) atoms. The lowest BCUT2D eigenvalue weighted by atomic mass is 10.0. The van der Waals surface area contributed by atoms with Crippen LogP contribution >= 0.6 is 0 Å². The Morgan fingerprint density at radius 2 is 1.87 bits per heavy atom. The van der Waals surface area contributed by atoms with Gasteiger partial charge in [0.25, 0.3) is 5.91 Å². The van der Waals surface area contributed by atoms with E-state index in [0.29, 0.717) is 25.3 Å². The second-order valence-electron chi connectivity index (χ2n) is 7.14. The Morgan fingerprint density at radius 1 is 1.13 bits per heavy atom. The van der Waals surface area contributed by atoms with Gasteiger partial charge in [0.15, 0.2) is 0 Å². The summed E-state index contributed by atoms with van der Waals surface area (Å²) in [5.41, 5.74) is 2.69. The van der Waals surface area contributed by atoms with Gasteiger partial charge in [-0.15, -0.1) is 0 Å². The molecule has 0 aliphatic carbocycles. The fourth-order valence-electron chi connectivity index (χ4n) is 3.65. The average Bonchev–Trinajstić information content (AvgIpc) is 3.35. The Morgan fingerprint density at radius 3 is 2.50 bits per heavy atom. The van der Waals surface area contributed by atoms with Crippen LogP contribution in [-0.2, 0) is 4.74 Å². The molecule has 1 fully saturated rings. The molecule has 1 aromatic heterocycles. The number of nitrogens with zero attached hydrogens (tertiary/aromatic N) is 3. The van der Waals surface area contributed by atoms with Crippen LogP contribution in [0, 0.1) is 0 Å². The summed E-state index contributed by atoms with van der Waals surface area (Å²) >= 11 is 0. The molecule has 0 radical (unpaired) electrons. The highest BCUT2D eigenvalue weighted by atomic mass is 16.5. The maximum atomic E-state index is 12.8. The number of nitrogens with one attached hydrogen (secondary N) is 1. The van der Waals surface area contributed by atoms with E-state index in [4.69, 9.17) is 9.47 Å². The smallest absolute Gasteiger partial charge is 0.251 e. The lowest BCUT2D eigenvalue weighted by molar-refractivity contribution is 0.0162. The first-order valence-electron chi connectivity index (χ1n) is 10.1. The number of morpholine rings is 1. The Labute approximate surface area is 176 Å². The number of methoxy groups -OCH3 is 1. The standard InChI is InChI=1S/C23H26N4O3/c1-29-21-9-5-18(6-10-21)22(26-13-15-30-16-14-26)17-24-23(28)19-3-7-20(8-4-19)27-12-2-11-25-27/h2-12,22H,13-17H2,1H3,(H,24,28). The molecule has 156 valence electrons. The van der Waals surface area contributed by atoms with Crippen molar-refractivity contribution in [3.05, 3.63) is 78.1 Å². The van der Waals surface area contributed by atoms with Gasteiger partial charge in [0.1, 0.15) is 5.75 Å². The second-order valence-corrected chi connectivity index (χ2v) is 7.14. The van der Waals surface area contributed by atoms with Crippen LogP contribution in [0.3, 0.4) is 0 Å². The van der Waals surface area contributed by atoms with Gasteiger partial charge >= 0.3 is 0 Å². The van der Waals surface area contributed by atoms with Gasteiger partial charge in [0, 0.05) is 37.6 Å². The number of carbonyl (C=O) groups is 1. The fourth-order valence-corrected chi connectivity index (χ4v) is 3.65. The van der Waals surface area contributed by atoms with E-state index in [1.807, 2.05) is 48.7 Å². The first-order valence-corrected chi connectivity index (χ1v) is 10.1. The molecule has 0 saturated carbocycles. The van der Waals surface area contributed by atoms with Crippen molar-refractivity contribution in [1.82, 2.24) is 20.0 Å². The van der Waals surface area contributed by atoms with E-state index in [2.05, 4.69) is 27.4 Å². The highest BCUT2D eigenvalue weighted by Crippen LogP contribution is 2.24. The first-order chi connectivity index (χ1) is 14.7. The molecule has 1 atom stereocenters. The Hall–Kier alpha value is -3.16. The van der Waals surface area contributed by atoms with Gasteiger partial charge in [0.2, 0.25) is 0 Å². The molecule has 1 N–H and O–H groups in total. The predicted molar refractivity (Wildman–Crippen MR) is 114 cm³/mol. The molecule has 0 bridgehead atoms. The van der Waals surface area contributed by atoms with Gasteiger partial charge in [-0.2, -0.15) is 5.10 Å². The number of rotatable bonds is 7. The van der Waals surface area contributed by atoms with Crippen LogP contribution in [0.1, 0.15) is 22.0 Å². The van der Waals surface area contributed by atoms with Crippen LogP contribution in [-0.4, -0.2) is 60.5 Å². The third kappa shape index (κ3) is 4.69. The van der Waals surface area contributed by atoms with Crippen LogP contribution < -0.4 is 10.1 Å². The Balaban J connectivity index is 1.45. The summed E-state index contributed by atoms with van der Waals surface area (Å²) in [5, 5.41) is 7.31. The minimum Gasteiger partial charge on any atom is -0.497 e. The van der Waals surface area contributed by atoms with E-state index in [-0.39, 0.29) is 11.9 Å². The zero-order valence-corrected chi connectivity index (χ0v) is 17.0. The minimum absolute atomic E-state index is 0.0760. The van der Waals surface area contributed by atoms with Crippen LogP contribution in [0.5, 0.6) is 5.75 Å². The van der Waals surface area contributed by atoms with E-state index < -0.39 is 0 Å². The Bertz CT molecular complexity index is 934. The van der Waals surface area contributed by atoms with Crippen molar-refractivity contribution in [3.8, 4) is 11.4 Å². The molecule has 4 rings (SSSR count). The number of ether oxygens (including phenoxy) is 2. The third-order valence-electron chi connectivity index (χ3n) is 5.34. The number of benzene rings is 2. The summed E-state index contributed by atoms with van der Waals surface area (Å²) in [6, 6.07) is 17.4. The molecule has 7 nitrogen and oxygen atoms in total. The molecule has 3 aromatic rings. The van der Waals surface area contributed by atoms with Gasteiger partial charge in [-0.1, -0.05) is 12.1 Å². The van der Waals surface area contributed by atoms with Crippen molar-refractivity contribution in [1.29, 1.82) is 0 Å². The topological polar surface area (TPSA) is 68.6 Å². The van der Waals surface area contributed by atoms with Gasteiger partial charge in [-0.25, -0.2) is 4.68 Å². The fraction of sp³-hybridized carbons (Fsp3) is 0.304. The molecule has 7 heteroatoms. The number of hydrogen-bond donors (Lipinski definition) is 1. The van der Waals surface area contributed by atoms with Crippen molar-refractivity contribution in [2.24, 2.45) is 0 Å². The molecule has 1 amide bonds. The van der Waals surface area contributed by atoms with E-state index in [1.54, 1.807) is 18.0 Å². The lowest BCUT2D eigenvalue weighted by Crippen LogP contribution is -2.43. The lowest BCUT2D eigenvalue weighted by Gasteiger charge is -2.35. The summed E-state index contributed by atoms with van der Waals surface area (Å²) in [5.74, 6) is 0.731. The second kappa shape index (κ2) is 9.56. The quantitative estimate of drug-likeness (QED) is 0.653. The number of amides is 1. The SMILES string of the molecule is COc1ccc(C(CNC(=O)c2ccc(-n3cccn3)cc2)N2CCOCC2)cc1. The third-order valence-corrected chi connectivity index (χ3v) is 5.34. The molecule has 2 aromatic carbocycles.